The average molecular weight is 277 g/mol. The maximum Gasteiger partial charge on any atom is 0.247 e. The van der Waals surface area contributed by atoms with Gasteiger partial charge >= 0.3 is 0 Å². The quantitative estimate of drug-likeness (QED) is 0.889. The molecule has 2 unspecified atom stereocenters. The predicted octanol–water partition coefficient (Wildman–Crippen LogP) is 0.830. The normalized spacial score (nSPS) is 25.9. The minimum Gasteiger partial charge on any atom is -0.341 e. The molecule has 0 radical (unpaired) electrons. The Kier molecular flexibility index (Phi) is 4.00. The number of aromatic nitrogens is 3. The molecule has 0 bridgehead atoms. The Morgan fingerprint density at radius 3 is 2.75 bits per heavy atom. The van der Waals surface area contributed by atoms with E-state index >= 15 is 0 Å². The second-order valence-corrected chi connectivity index (χ2v) is 5.92. The minimum atomic E-state index is -0.251. The van der Waals surface area contributed by atoms with E-state index in [1.807, 2.05) is 11.8 Å². The molecule has 2 fully saturated rings. The van der Waals surface area contributed by atoms with Gasteiger partial charge in [-0.15, -0.1) is 0 Å². The first-order chi connectivity index (χ1) is 9.75. The van der Waals surface area contributed by atoms with Gasteiger partial charge in [0.25, 0.3) is 0 Å². The predicted molar refractivity (Wildman–Crippen MR) is 75.1 cm³/mol. The zero-order chi connectivity index (χ0) is 13.9. The van der Waals surface area contributed by atoms with Gasteiger partial charge in [-0.05, 0) is 45.1 Å². The van der Waals surface area contributed by atoms with Gasteiger partial charge in [-0.25, -0.2) is 9.67 Å². The maximum absolute atomic E-state index is 12.4. The van der Waals surface area contributed by atoms with E-state index in [9.17, 15) is 4.79 Å². The molecule has 2 aliphatic heterocycles. The number of nitrogens with zero attached hydrogens (tertiary/aromatic N) is 4. The fraction of sp³-hybridized carbons (Fsp3) is 0.786. The molecule has 0 aromatic carbocycles. The van der Waals surface area contributed by atoms with Gasteiger partial charge in [-0.3, -0.25) is 4.79 Å². The summed E-state index contributed by atoms with van der Waals surface area (Å²) in [4.78, 5) is 18.3. The number of carbonyl (C=O) groups excluding carboxylic acids is 1. The number of amides is 1. The van der Waals surface area contributed by atoms with E-state index in [1.54, 1.807) is 11.0 Å². The molecule has 0 aliphatic carbocycles. The summed E-state index contributed by atoms with van der Waals surface area (Å²) in [5, 5.41) is 7.65. The van der Waals surface area contributed by atoms with Crippen LogP contribution in [0.25, 0.3) is 0 Å². The van der Waals surface area contributed by atoms with Crippen molar-refractivity contribution in [1.82, 2.24) is 25.0 Å². The summed E-state index contributed by atoms with van der Waals surface area (Å²) in [6, 6.07) is 0.429. The van der Waals surface area contributed by atoms with Crippen molar-refractivity contribution < 1.29 is 4.79 Å². The largest absolute Gasteiger partial charge is 0.341 e. The third kappa shape index (κ3) is 2.70. The summed E-state index contributed by atoms with van der Waals surface area (Å²) in [5.74, 6) is 0.900. The Balaban J connectivity index is 1.53. The van der Waals surface area contributed by atoms with E-state index < -0.39 is 0 Å². The van der Waals surface area contributed by atoms with Gasteiger partial charge in [0.2, 0.25) is 5.91 Å². The molecule has 3 rings (SSSR count). The van der Waals surface area contributed by atoms with Crippen LogP contribution in [0.5, 0.6) is 0 Å². The first-order valence-corrected chi connectivity index (χ1v) is 7.62. The fourth-order valence-electron chi connectivity index (χ4n) is 3.43. The first-order valence-electron chi connectivity index (χ1n) is 7.62. The number of nitrogens with one attached hydrogen (secondary N) is 1. The van der Waals surface area contributed by atoms with Crippen LogP contribution >= 0.6 is 0 Å². The summed E-state index contributed by atoms with van der Waals surface area (Å²) in [5.41, 5.74) is 0. The lowest BCUT2D eigenvalue weighted by Crippen LogP contribution is -2.45. The zero-order valence-electron chi connectivity index (χ0n) is 12.0. The van der Waals surface area contributed by atoms with Crippen molar-refractivity contribution in [2.45, 2.75) is 44.7 Å². The molecule has 110 valence electrons. The number of rotatable bonds is 3. The van der Waals surface area contributed by atoms with E-state index in [2.05, 4.69) is 15.4 Å². The smallest absolute Gasteiger partial charge is 0.247 e. The topological polar surface area (TPSA) is 63.1 Å². The van der Waals surface area contributed by atoms with E-state index in [-0.39, 0.29) is 11.9 Å². The third-order valence-electron chi connectivity index (χ3n) is 4.71. The lowest BCUT2D eigenvalue weighted by atomic mass is 9.88. The van der Waals surface area contributed by atoms with Crippen LogP contribution in [0.2, 0.25) is 0 Å². The van der Waals surface area contributed by atoms with Crippen LogP contribution in [-0.2, 0) is 4.79 Å². The molecule has 1 amide bonds. The summed E-state index contributed by atoms with van der Waals surface area (Å²) in [7, 11) is 0. The Morgan fingerprint density at radius 2 is 2.15 bits per heavy atom. The van der Waals surface area contributed by atoms with E-state index in [1.165, 1.54) is 19.2 Å². The second kappa shape index (κ2) is 5.91. The van der Waals surface area contributed by atoms with Crippen LogP contribution in [0.4, 0.5) is 0 Å². The second-order valence-electron chi connectivity index (χ2n) is 5.92. The molecule has 1 aromatic heterocycles. The fourth-order valence-corrected chi connectivity index (χ4v) is 3.43. The van der Waals surface area contributed by atoms with E-state index in [0.29, 0.717) is 6.04 Å². The molecule has 6 heteroatoms. The minimum absolute atomic E-state index is 0.160. The number of piperidine rings is 1. The van der Waals surface area contributed by atoms with E-state index in [0.717, 1.165) is 38.4 Å². The standard InChI is InChI=1S/C14H23N5O/c1-11(19-10-15-9-17-19)14(20)18-7-4-12(5-8-18)13-3-2-6-16-13/h9-13,16H,2-8H2,1H3. The van der Waals surface area contributed by atoms with Crippen molar-refractivity contribution in [2.24, 2.45) is 5.92 Å². The Morgan fingerprint density at radius 1 is 1.35 bits per heavy atom. The Hall–Kier alpha value is -1.43. The monoisotopic (exact) mass is 277 g/mol. The first kappa shape index (κ1) is 13.5. The molecule has 1 aromatic rings. The number of hydrogen-bond acceptors (Lipinski definition) is 4. The zero-order valence-corrected chi connectivity index (χ0v) is 12.0. The lowest BCUT2D eigenvalue weighted by Gasteiger charge is -2.36. The van der Waals surface area contributed by atoms with Crippen molar-refractivity contribution in [2.75, 3.05) is 19.6 Å². The van der Waals surface area contributed by atoms with Crippen LogP contribution < -0.4 is 5.32 Å². The van der Waals surface area contributed by atoms with Crippen LogP contribution in [-0.4, -0.2) is 51.2 Å². The van der Waals surface area contributed by atoms with E-state index in [4.69, 9.17) is 0 Å². The van der Waals surface area contributed by atoms with Gasteiger partial charge in [0.15, 0.2) is 0 Å². The van der Waals surface area contributed by atoms with Crippen molar-refractivity contribution in [1.29, 1.82) is 0 Å². The Labute approximate surface area is 119 Å². The highest BCUT2D eigenvalue weighted by atomic mass is 16.2. The highest BCUT2D eigenvalue weighted by Crippen LogP contribution is 2.26. The van der Waals surface area contributed by atoms with Crippen molar-refractivity contribution in [3.8, 4) is 0 Å². The van der Waals surface area contributed by atoms with Gasteiger partial charge in [-0.2, -0.15) is 5.10 Å². The summed E-state index contributed by atoms with van der Waals surface area (Å²) < 4.78 is 1.63. The van der Waals surface area contributed by atoms with Crippen LogP contribution in [0.1, 0.15) is 38.6 Å². The molecular formula is C14H23N5O. The van der Waals surface area contributed by atoms with Gasteiger partial charge in [0.05, 0.1) is 0 Å². The number of likely N-dealkylation sites (tertiary alicyclic amines) is 1. The molecular weight excluding hydrogens is 254 g/mol. The molecule has 2 aliphatic rings. The molecule has 1 N–H and O–H groups in total. The van der Waals surface area contributed by atoms with Crippen molar-refractivity contribution >= 4 is 5.91 Å². The summed E-state index contributed by atoms with van der Waals surface area (Å²) in [6.45, 7) is 4.80. The van der Waals surface area contributed by atoms with Crippen molar-refractivity contribution in [3.05, 3.63) is 12.7 Å². The molecule has 2 saturated heterocycles. The maximum atomic E-state index is 12.4. The number of hydrogen-bond donors (Lipinski definition) is 1. The van der Waals surface area contributed by atoms with Gasteiger partial charge in [-0.1, -0.05) is 0 Å². The van der Waals surface area contributed by atoms with Crippen LogP contribution in [0.3, 0.4) is 0 Å². The summed E-state index contributed by atoms with van der Waals surface area (Å²) >= 11 is 0. The highest BCUT2D eigenvalue weighted by molar-refractivity contribution is 5.80. The number of carbonyl (C=O) groups is 1. The van der Waals surface area contributed by atoms with Crippen LogP contribution in [0, 0.1) is 5.92 Å². The third-order valence-corrected chi connectivity index (χ3v) is 4.71. The molecule has 20 heavy (non-hydrogen) atoms. The van der Waals surface area contributed by atoms with Crippen molar-refractivity contribution in [3.63, 3.8) is 0 Å². The molecule has 3 heterocycles. The molecule has 2 atom stereocenters. The van der Waals surface area contributed by atoms with Gasteiger partial charge < -0.3 is 10.2 Å². The van der Waals surface area contributed by atoms with Gasteiger partial charge in [0, 0.05) is 19.1 Å². The Bertz CT molecular complexity index is 432. The lowest BCUT2D eigenvalue weighted by molar-refractivity contribution is -0.136. The molecule has 0 saturated carbocycles. The average Bonchev–Trinajstić information content (AvgIpc) is 3.18. The molecule has 6 nitrogen and oxygen atoms in total. The molecule has 0 spiro atoms. The SMILES string of the molecule is CC(C(=O)N1CCC(C2CCCN2)CC1)n1cncn1. The highest BCUT2D eigenvalue weighted by Gasteiger charge is 2.31. The van der Waals surface area contributed by atoms with Gasteiger partial charge in [0.1, 0.15) is 18.7 Å². The summed E-state index contributed by atoms with van der Waals surface area (Å²) in [6.07, 6.45) is 7.92. The van der Waals surface area contributed by atoms with Crippen LogP contribution in [0.15, 0.2) is 12.7 Å².